The Morgan fingerprint density at radius 1 is 1.00 bits per heavy atom. The van der Waals surface area contributed by atoms with Gasteiger partial charge in [0.15, 0.2) is 0 Å². The summed E-state index contributed by atoms with van der Waals surface area (Å²) in [5.74, 6) is -0.427. The first-order valence-corrected chi connectivity index (χ1v) is 7.12. The van der Waals surface area contributed by atoms with Gasteiger partial charge in [-0.05, 0) is 29.7 Å². The molecule has 2 N–H and O–H groups in total. The number of fused-ring (bicyclic) bond motifs is 1. The predicted octanol–water partition coefficient (Wildman–Crippen LogP) is 3.54. The molecule has 0 atom stereocenters. The van der Waals surface area contributed by atoms with Crippen molar-refractivity contribution in [3.8, 4) is 0 Å². The highest BCUT2D eigenvalue weighted by Crippen LogP contribution is 2.30. The van der Waals surface area contributed by atoms with Gasteiger partial charge < -0.3 is 10.3 Å². The molecular weight excluding hydrogens is 332 g/mol. The molecule has 0 aliphatic carbocycles. The summed E-state index contributed by atoms with van der Waals surface area (Å²) in [5, 5.41) is 4.70. The summed E-state index contributed by atoms with van der Waals surface area (Å²) in [6.45, 7) is 0. The number of hydrogen-bond donors (Lipinski definition) is 2. The van der Waals surface area contributed by atoms with E-state index in [0.717, 1.165) is 15.2 Å². The predicted molar refractivity (Wildman–Crippen MR) is 86.7 cm³/mol. The van der Waals surface area contributed by atoms with Crippen LogP contribution in [-0.2, 0) is 0 Å². The maximum Gasteiger partial charge on any atom is 0.261 e. The molecule has 3 rings (SSSR count). The van der Waals surface area contributed by atoms with Crippen LogP contribution in [0.1, 0.15) is 10.4 Å². The number of benzene rings is 2. The van der Waals surface area contributed by atoms with Crippen LogP contribution in [0.4, 0.5) is 5.69 Å². The number of aromatic nitrogens is 1. The number of pyridine rings is 1. The van der Waals surface area contributed by atoms with Crippen molar-refractivity contribution >= 4 is 38.3 Å². The molecule has 1 amide bonds. The number of nitrogens with one attached hydrogen (secondary N) is 2. The topological polar surface area (TPSA) is 62.0 Å². The van der Waals surface area contributed by atoms with Gasteiger partial charge in [0.25, 0.3) is 11.5 Å². The average molecular weight is 343 g/mol. The minimum absolute atomic E-state index is 0.0875. The molecule has 2 aromatic carbocycles. The molecule has 0 saturated carbocycles. The van der Waals surface area contributed by atoms with Crippen LogP contribution in [0.3, 0.4) is 0 Å². The Morgan fingerprint density at radius 2 is 1.76 bits per heavy atom. The number of anilines is 1. The van der Waals surface area contributed by atoms with Crippen LogP contribution in [0.2, 0.25) is 0 Å². The van der Waals surface area contributed by atoms with Crippen molar-refractivity contribution in [1.82, 2.24) is 4.98 Å². The van der Waals surface area contributed by atoms with Crippen molar-refractivity contribution in [2.75, 3.05) is 5.32 Å². The maximum absolute atomic E-state index is 12.2. The van der Waals surface area contributed by atoms with E-state index in [0.29, 0.717) is 5.69 Å². The first-order chi connectivity index (χ1) is 10.2. The van der Waals surface area contributed by atoms with Gasteiger partial charge >= 0.3 is 0 Å². The summed E-state index contributed by atoms with van der Waals surface area (Å²) in [5.41, 5.74) is 0.350. The van der Waals surface area contributed by atoms with Crippen molar-refractivity contribution in [2.45, 2.75) is 0 Å². The lowest BCUT2D eigenvalue weighted by Crippen LogP contribution is -2.22. The fourth-order valence-electron chi connectivity index (χ4n) is 2.16. The van der Waals surface area contributed by atoms with E-state index in [1.54, 1.807) is 12.1 Å². The van der Waals surface area contributed by atoms with Crippen LogP contribution < -0.4 is 10.9 Å². The van der Waals surface area contributed by atoms with E-state index < -0.39 is 11.5 Å². The summed E-state index contributed by atoms with van der Waals surface area (Å²) in [6, 6.07) is 14.5. The zero-order chi connectivity index (χ0) is 14.8. The molecule has 5 heteroatoms. The average Bonchev–Trinajstić information content (AvgIpc) is 2.51. The number of carbonyl (C=O) groups is 1. The highest BCUT2D eigenvalue weighted by molar-refractivity contribution is 9.10. The molecule has 0 aliphatic heterocycles. The van der Waals surface area contributed by atoms with Crippen LogP contribution in [-0.4, -0.2) is 10.9 Å². The Kier molecular flexibility index (Phi) is 3.58. The molecule has 0 fully saturated rings. The van der Waals surface area contributed by atoms with Gasteiger partial charge in [-0.2, -0.15) is 0 Å². The first-order valence-electron chi connectivity index (χ1n) is 6.33. The van der Waals surface area contributed by atoms with Crippen molar-refractivity contribution in [3.63, 3.8) is 0 Å². The van der Waals surface area contributed by atoms with Gasteiger partial charge in [-0.25, -0.2) is 0 Å². The number of aromatic amines is 1. The zero-order valence-electron chi connectivity index (χ0n) is 10.9. The van der Waals surface area contributed by atoms with Crippen LogP contribution in [0.15, 0.2) is 64.0 Å². The molecule has 0 saturated heterocycles. The Bertz CT molecular complexity index is 887. The second-order valence-electron chi connectivity index (χ2n) is 4.51. The third-order valence-electron chi connectivity index (χ3n) is 3.18. The molecule has 0 radical (unpaired) electrons. The molecule has 1 heterocycles. The summed E-state index contributed by atoms with van der Waals surface area (Å²) in [4.78, 5) is 26.4. The van der Waals surface area contributed by atoms with E-state index in [1.165, 1.54) is 12.3 Å². The van der Waals surface area contributed by atoms with Gasteiger partial charge in [0.2, 0.25) is 0 Å². The second-order valence-corrected chi connectivity index (χ2v) is 5.36. The summed E-state index contributed by atoms with van der Waals surface area (Å²) in [6.07, 6.45) is 1.49. The normalized spacial score (nSPS) is 10.5. The van der Waals surface area contributed by atoms with Crippen molar-refractivity contribution in [1.29, 1.82) is 0 Å². The highest BCUT2D eigenvalue weighted by Gasteiger charge is 2.12. The molecule has 3 aromatic rings. The Balaban J connectivity index is 2.03. The summed E-state index contributed by atoms with van der Waals surface area (Å²) >= 11 is 3.49. The van der Waals surface area contributed by atoms with Gasteiger partial charge in [-0.1, -0.05) is 40.2 Å². The van der Waals surface area contributed by atoms with Crippen molar-refractivity contribution in [3.05, 3.63) is 75.1 Å². The second kappa shape index (κ2) is 5.54. The smallest absolute Gasteiger partial charge is 0.261 e. The van der Waals surface area contributed by atoms with Crippen molar-refractivity contribution < 1.29 is 4.79 Å². The van der Waals surface area contributed by atoms with Gasteiger partial charge in [0.05, 0.1) is 0 Å². The lowest BCUT2D eigenvalue weighted by molar-refractivity contribution is 0.102. The molecule has 104 valence electrons. The fraction of sp³-hybridized carbons (Fsp3) is 0. The quantitative estimate of drug-likeness (QED) is 0.748. The van der Waals surface area contributed by atoms with Crippen LogP contribution >= 0.6 is 15.9 Å². The van der Waals surface area contributed by atoms with E-state index in [9.17, 15) is 9.59 Å². The number of halogens is 1. The van der Waals surface area contributed by atoms with Gasteiger partial charge in [0, 0.05) is 21.7 Å². The number of H-pyrrole nitrogens is 1. The van der Waals surface area contributed by atoms with Gasteiger partial charge in [0.1, 0.15) is 5.56 Å². The number of amides is 1. The lowest BCUT2D eigenvalue weighted by Gasteiger charge is -2.09. The summed E-state index contributed by atoms with van der Waals surface area (Å²) in [7, 11) is 0. The minimum atomic E-state index is -0.427. The SMILES string of the molecule is O=C(Nc1ccc(Br)c2ccccc12)c1ccc[nH]c1=O. The largest absolute Gasteiger partial charge is 0.328 e. The third-order valence-corrected chi connectivity index (χ3v) is 3.87. The monoisotopic (exact) mass is 342 g/mol. The van der Waals surface area contributed by atoms with E-state index in [2.05, 4.69) is 26.2 Å². The molecular formula is C16H11BrN2O2. The maximum atomic E-state index is 12.2. The molecule has 0 bridgehead atoms. The number of hydrogen-bond acceptors (Lipinski definition) is 2. The molecule has 0 spiro atoms. The van der Waals surface area contributed by atoms with Crippen LogP contribution in [0, 0.1) is 0 Å². The Labute approximate surface area is 128 Å². The van der Waals surface area contributed by atoms with Gasteiger partial charge in [-0.15, -0.1) is 0 Å². The highest BCUT2D eigenvalue weighted by atomic mass is 79.9. The number of carbonyl (C=O) groups excluding carboxylic acids is 1. The van der Waals surface area contributed by atoms with E-state index >= 15 is 0 Å². The fourth-order valence-corrected chi connectivity index (χ4v) is 2.64. The Morgan fingerprint density at radius 3 is 2.52 bits per heavy atom. The van der Waals surface area contributed by atoms with Crippen LogP contribution in [0.25, 0.3) is 10.8 Å². The van der Waals surface area contributed by atoms with E-state index in [4.69, 9.17) is 0 Å². The molecule has 0 aliphatic rings. The van der Waals surface area contributed by atoms with Crippen molar-refractivity contribution in [2.24, 2.45) is 0 Å². The molecule has 0 unspecified atom stereocenters. The Hall–Kier alpha value is -2.40. The van der Waals surface area contributed by atoms with E-state index in [1.807, 2.05) is 30.3 Å². The van der Waals surface area contributed by atoms with E-state index in [-0.39, 0.29) is 5.56 Å². The molecule has 1 aromatic heterocycles. The lowest BCUT2D eigenvalue weighted by atomic mass is 10.1. The number of rotatable bonds is 2. The standard InChI is InChI=1S/C16H11BrN2O2/c17-13-7-8-14(11-5-2-1-4-10(11)13)19-16(21)12-6-3-9-18-15(12)20/h1-9H,(H,18,20)(H,19,21). The summed E-state index contributed by atoms with van der Waals surface area (Å²) < 4.78 is 0.952. The van der Waals surface area contributed by atoms with Gasteiger partial charge in [-0.3, -0.25) is 9.59 Å². The third kappa shape index (κ3) is 2.60. The zero-order valence-corrected chi connectivity index (χ0v) is 12.5. The van der Waals surface area contributed by atoms with Crippen LogP contribution in [0.5, 0.6) is 0 Å². The molecule has 21 heavy (non-hydrogen) atoms. The first kappa shape index (κ1) is 13.6. The minimum Gasteiger partial charge on any atom is -0.328 e. The molecule has 4 nitrogen and oxygen atoms in total.